The van der Waals surface area contributed by atoms with Crippen LogP contribution in [0.15, 0.2) is 21.5 Å². The predicted molar refractivity (Wildman–Crippen MR) is 92.1 cm³/mol. The highest BCUT2D eigenvalue weighted by molar-refractivity contribution is 9.10. The maximum absolute atomic E-state index is 12.9. The van der Waals surface area contributed by atoms with Crippen LogP contribution in [0.3, 0.4) is 0 Å². The molecule has 0 saturated carbocycles. The lowest BCUT2D eigenvalue weighted by molar-refractivity contribution is 0.415. The number of sulfonamides is 1. The van der Waals surface area contributed by atoms with Crippen LogP contribution in [0.2, 0.25) is 0 Å². The molecule has 1 unspecified atom stereocenters. The maximum Gasteiger partial charge on any atom is 0.244 e. The third-order valence-corrected chi connectivity index (χ3v) is 8.27. The summed E-state index contributed by atoms with van der Waals surface area (Å²) >= 11 is 5.28. The standard InChI is InChI=1S/C14H21BrN2O2S2/c1-3-12-9-17(4-5-20-12)21(18,19)13-7-11(8-16)6-10(2)14(13)15/h6-7,12H,3-5,8-9,16H2,1-2H3. The highest BCUT2D eigenvalue weighted by Crippen LogP contribution is 2.32. The van der Waals surface area contributed by atoms with Crippen LogP contribution in [0, 0.1) is 6.92 Å². The van der Waals surface area contributed by atoms with E-state index in [1.807, 2.05) is 24.8 Å². The zero-order valence-electron chi connectivity index (χ0n) is 12.3. The first-order valence-electron chi connectivity index (χ1n) is 7.01. The van der Waals surface area contributed by atoms with Crippen LogP contribution < -0.4 is 5.73 Å². The SMILES string of the molecule is CCC1CN(S(=O)(=O)c2cc(CN)cc(C)c2Br)CCS1. The van der Waals surface area contributed by atoms with Gasteiger partial charge in [-0.25, -0.2) is 8.42 Å². The molecule has 0 radical (unpaired) electrons. The molecule has 1 aliphatic heterocycles. The van der Waals surface area contributed by atoms with E-state index in [0.717, 1.165) is 23.3 Å². The van der Waals surface area contributed by atoms with Gasteiger partial charge in [0.1, 0.15) is 0 Å². The van der Waals surface area contributed by atoms with Crippen LogP contribution in [-0.4, -0.2) is 36.8 Å². The summed E-state index contributed by atoms with van der Waals surface area (Å²) in [5.41, 5.74) is 7.41. The van der Waals surface area contributed by atoms with Crippen molar-refractivity contribution in [2.24, 2.45) is 5.73 Å². The smallest absolute Gasteiger partial charge is 0.244 e. The highest BCUT2D eigenvalue weighted by atomic mass is 79.9. The van der Waals surface area contributed by atoms with E-state index >= 15 is 0 Å². The molecule has 0 bridgehead atoms. The van der Waals surface area contributed by atoms with E-state index in [4.69, 9.17) is 5.73 Å². The fraction of sp³-hybridized carbons (Fsp3) is 0.571. The molecule has 1 aliphatic rings. The van der Waals surface area contributed by atoms with Gasteiger partial charge in [-0.2, -0.15) is 16.1 Å². The molecular weight excluding hydrogens is 372 g/mol. The topological polar surface area (TPSA) is 63.4 Å². The molecule has 1 saturated heterocycles. The van der Waals surface area contributed by atoms with Gasteiger partial charge < -0.3 is 5.73 Å². The highest BCUT2D eigenvalue weighted by Gasteiger charge is 2.31. The normalized spacial score (nSPS) is 20.7. The molecule has 21 heavy (non-hydrogen) atoms. The number of rotatable bonds is 4. The summed E-state index contributed by atoms with van der Waals surface area (Å²) in [6.45, 7) is 5.49. The van der Waals surface area contributed by atoms with Crippen molar-refractivity contribution >= 4 is 37.7 Å². The first-order chi connectivity index (χ1) is 9.90. The van der Waals surface area contributed by atoms with Crippen LogP contribution in [0.4, 0.5) is 0 Å². The second kappa shape index (κ2) is 7.00. The monoisotopic (exact) mass is 392 g/mol. The Hall–Kier alpha value is -0.0800. The Bertz CT molecular complexity index is 620. The molecule has 0 spiro atoms. The van der Waals surface area contributed by atoms with Crippen LogP contribution in [0.1, 0.15) is 24.5 Å². The van der Waals surface area contributed by atoms with Gasteiger partial charge in [0.2, 0.25) is 10.0 Å². The molecular formula is C14H21BrN2O2S2. The molecule has 1 fully saturated rings. The molecule has 118 valence electrons. The Kier molecular flexibility index (Phi) is 5.76. The third kappa shape index (κ3) is 3.64. The minimum atomic E-state index is -3.47. The Morgan fingerprint density at radius 2 is 2.19 bits per heavy atom. The Labute approximate surface area is 139 Å². The number of nitrogens with zero attached hydrogens (tertiary/aromatic N) is 1. The van der Waals surface area contributed by atoms with E-state index in [1.54, 1.807) is 10.4 Å². The molecule has 1 heterocycles. The van der Waals surface area contributed by atoms with Gasteiger partial charge in [-0.15, -0.1) is 0 Å². The van der Waals surface area contributed by atoms with E-state index < -0.39 is 10.0 Å². The average Bonchev–Trinajstić information content (AvgIpc) is 2.49. The van der Waals surface area contributed by atoms with Gasteiger partial charge >= 0.3 is 0 Å². The molecule has 4 nitrogen and oxygen atoms in total. The summed E-state index contributed by atoms with van der Waals surface area (Å²) in [7, 11) is -3.47. The van der Waals surface area contributed by atoms with E-state index in [-0.39, 0.29) is 0 Å². The fourth-order valence-corrected chi connectivity index (χ4v) is 6.32. The molecule has 0 aromatic heterocycles. The molecule has 2 N–H and O–H groups in total. The number of hydrogen-bond acceptors (Lipinski definition) is 4. The zero-order chi connectivity index (χ0) is 15.6. The van der Waals surface area contributed by atoms with Crippen LogP contribution in [0.5, 0.6) is 0 Å². The first kappa shape index (κ1) is 17.3. The third-order valence-electron chi connectivity index (χ3n) is 3.69. The zero-order valence-corrected chi connectivity index (χ0v) is 15.5. The molecule has 1 aromatic carbocycles. The molecule has 0 aliphatic carbocycles. The second-order valence-electron chi connectivity index (χ2n) is 5.19. The predicted octanol–water partition coefficient (Wildman–Crippen LogP) is 2.73. The lowest BCUT2D eigenvalue weighted by atomic mass is 10.1. The maximum atomic E-state index is 12.9. The van der Waals surface area contributed by atoms with Crippen molar-refractivity contribution in [2.45, 2.75) is 37.0 Å². The van der Waals surface area contributed by atoms with Gasteiger partial charge in [0.15, 0.2) is 0 Å². The number of thioether (sulfide) groups is 1. The van der Waals surface area contributed by atoms with Gasteiger partial charge in [0, 0.05) is 35.1 Å². The van der Waals surface area contributed by atoms with Gasteiger partial charge in [-0.1, -0.05) is 13.0 Å². The summed E-state index contributed by atoms with van der Waals surface area (Å²) < 4.78 is 28.1. The van der Waals surface area contributed by atoms with E-state index in [1.165, 1.54) is 0 Å². The number of aryl methyl sites for hydroxylation is 1. The lowest BCUT2D eigenvalue weighted by Crippen LogP contribution is -2.41. The Morgan fingerprint density at radius 3 is 2.81 bits per heavy atom. The van der Waals surface area contributed by atoms with Crippen molar-refractivity contribution in [1.29, 1.82) is 0 Å². The van der Waals surface area contributed by atoms with Crippen molar-refractivity contribution in [3.63, 3.8) is 0 Å². The fourth-order valence-electron chi connectivity index (χ4n) is 2.41. The Balaban J connectivity index is 2.41. The van der Waals surface area contributed by atoms with E-state index in [9.17, 15) is 8.42 Å². The van der Waals surface area contributed by atoms with E-state index in [2.05, 4.69) is 22.9 Å². The molecule has 2 rings (SSSR count). The number of hydrogen-bond donors (Lipinski definition) is 1. The number of halogens is 1. The summed E-state index contributed by atoms with van der Waals surface area (Å²) in [6.07, 6.45) is 0.986. The van der Waals surface area contributed by atoms with Gasteiger partial charge in [0.25, 0.3) is 0 Å². The minimum Gasteiger partial charge on any atom is -0.326 e. The van der Waals surface area contributed by atoms with Gasteiger partial charge in [0.05, 0.1) is 4.90 Å². The van der Waals surface area contributed by atoms with Crippen LogP contribution in [0.25, 0.3) is 0 Å². The first-order valence-corrected chi connectivity index (χ1v) is 10.3. The van der Waals surface area contributed by atoms with Crippen LogP contribution in [-0.2, 0) is 16.6 Å². The quantitative estimate of drug-likeness (QED) is 0.855. The summed E-state index contributed by atoms with van der Waals surface area (Å²) in [5, 5.41) is 0.381. The second-order valence-corrected chi connectivity index (χ2v) is 9.30. The summed E-state index contributed by atoms with van der Waals surface area (Å²) in [6, 6.07) is 3.61. The van der Waals surface area contributed by atoms with Crippen molar-refractivity contribution in [3.05, 3.63) is 27.7 Å². The minimum absolute atomic E-state index is 0.337. The van der Waals surface area contributed by atoms with Crippen molar-refractivity contribution in [2.75, 3.05) is 18.8 Å². The van der Waals surface area contributed by atoms with Crippen molar-refractivity contribution in [1.82, 2.24) is 4.31 Å². The van der Waals surface area contributed by atoms with Crippen molar-refractivity contribution < 1.29 is 8.42 Å². The van der Waals surface area contributed by atoms with Crippen molar-refractivity contribution in [3.8, 4) is 0 Å². The number of nitrogens with two attached hydrogens (primary N) is 1. The number of benzene rings is 1. The van der Waals surface area contributed by atoms with E-state index in [0.29, 0.717) is 34.3 Å². The van der Waals surface area contributed by atoms with Gasteiger partial charge in [-0.05, 0) is 46.5 Å². The van der Waals surface area contributed by atoms with Gasteiger partial charge in [-0.3, -0.25) is 0 Å². The summed E-state index contributed by atoms with van der Waals surface area (Å²) in [5.74, 6) is 0.852. The molecule has 1 atom stereocenters. The molecule has 1 aromatic rings. The molecule has 0 amide bonds. The van der Waals surface area contributed by atoms with Crippen LogP contribution >= 0.6 is 27.7 Å². The Morgan fingerprint density at radius 1 is 1.48 bits per heavy atom. The largest absolute Gasteiger partial charge is 0.326 e. The molecule has 7 heteroatoms. The summed E-state index contributed by atoms with van der Waals surface area (Å²) in [4.78, 5) is 0.338. The average molecular weight is 393 g/mol. The lowest BCUT2D eigenvalue weighted by Gasteiger charge is -2.31.